The molecule has 2 aliphatic heterocycles. The van der Waals surface area contributed by atoms with E-state index >= 15 is 0 Å². The quantitative estimate of drug-likeness (QED) is 0.292. The molecule has 1 unspecified atom stereocenters. The molecule has 0 radical (unpaired) electrons. The molecule has 0 aromatic carbocycles. The van der Waals surface area contributed by atoms with E-state index in [9.17, 15) is 18.0 Å². The standard InChI is InChI=1S/C21H31F3N8O/c1-15-18(13-32(30-15)16-6-8-26-11-16)28-12-17(21(22,23)24)20(29-14-25)27-7-4-10-31-9-3-2-5-19(31)33/h12-14,16,26-27H,2-11H2,1H3,(H2,25,29)/b20-17+,28-12-. The molecule has 9 nitrogen and oxygen atoms in total. The summed E-state index contributed by atoms with van der Waals surface area (Å²) in [5, 5.41) is 10.3. The maximum Gasteiger partial charge on any atom is 0.421 e. The molecule has 0 aliphatic carbocycles. The monoisotopic (exact) mass is 468 g/mol. The summed E-state index contributed by atoms with van der Waals surface area (Å²) in [7, 11) is 0. The van der Waals surface area contributed by atoms with E-state index in [0.29, 0.717) is 37.3 Å². The van der Waals surface area contributed by atoms with Crippen LogP contribution < -0.4 is 16.4 Å². The largest absolute Gasteiger partial charge is 0.421 e. The Bertz CT molecular complexity index is 900. The van der Waals surface area contributed by atoms with Crippen molar-refractivity contribution in [2.45, 2.75) is 51.2 Å². The number of rotatable bonds is 9. The number of hydrogen-bond acceptors (Lipinski definition) is 6. The average molecular weight is 469 g/mol. The lowest BCUT2D eigenvalue weighted by Gasteiger charge is -2.26. The van der Waals surface area contributed by atoms with Gasteiger partial charge in [0, 0.05) is 38.8 Å². The van der Waals surface area contributed by atoms with Gasteiger partial charge in [-0.25, -0.2) is 4.99 Å². The lowest BCUT2D eigenvalue weighted by molar-refractivity contribution is -0.133. The molecule has 182 valence electrons. The summed E-state index contributed by atoms with van der Waals surface area (Å²) in [6, 6.07) is 0.163. The molecule has 2 aliphatic rings. The second kappa shape index (κ2) is 11.3. The normalized spacial score (nSPS) is 20.8. The lowest BCUT2D eigenvalue weighted by atomic mass is 10.1. The van der Waals surface area contributed by atoms with Crippen LogP contribution >= 0.6 is 0 Å². The van der Waals surface area contributed by atoms with E-state index in [1.807, 2.05) is 0 Å². The first kappa shape index (κ1) is 24.7. The SMILES string of the molecule is Cc1nn(C2CCNC2)cc1\N=C/C(=C(\N=C\N)NCCCN1CCCCC1=O)C(F)(F)F. The van der Waals surface area contributed by atoms with Crippen LogP contribution in [0.25, 0.3) is 0 Å². The number of piperidine rings is 1. The highest BCUT2D eigenvalue weighted by molar-refractivity contribution is 5.84. The van der Waals surface area contributed by atoms with Gasteiger partial charge in [0.05, 0.1) is 24.3 Å². The fourth-order valence-electron chi connectivity index (χ4n) is 3.91. The van der Waals surface area contributed by atoms with E-state index in [0.717, 1.165) is 44.9 Å². The van der Waals surface area contributed by atoms with Crippen molar-refractivity contribution in [2.75, 3.05) is 32.7 Å². The van der Waals surface area contributed by atoms with Crippen LogP contribution in [-0.4, -0.2) is 72.0 Å². The van der Waals surface area contributed by atoms with Crippen molar-refractivity contribution in [3.8, 4) is 0 Å². The molecule has 2 fully saturated rings. The number of likely N-dealkylation sites (tertiary alicyclic amines) is 1. The van der Waals surface area contributed by atoms with Crippen LogP contribution in [0.1, 0.15) is 43.8 Å². The highest BCUT2D eigenvalue weighted by atomic mass is 19.4. The number of aryl methyl sites for hydroxylation is 1. The van der Waals surface area contributed by atoms with Crippen molar-refractivity contribution >= 4 is 24.1 Å². The van der Waals surface area contributed by atoms with Gasteiger partial charge in [-0.15, -0.1) is 0 Å². The summed E-state index contributed by atoms with van der Waals surface area (Å²) < 4.78 is 43.2. The van der Waals surface area contributed by atoms with E-state index in [2.05, 4.69) is 25.7 Å². The number of halogens is 3. The number of nitrogens with one attached hydrogen (secondary N) is 2. The maximum atomic E-state index is 13.8. The minimum atomic E-state index is -4.69. The van der Waals surface area contributed by atoms with Gasteiger partial charge >= 0.3 is 6.18 Å². The minimum absolute atomic E-state index is 0.0874. The number of carbonyl (C=O) groups excluding carboxylic acids is 1. The van der Waals surface area contributed by atoms with Crippen molar-refractivity contribution in [1.29, 1.82) is 0 Å². The van der Waals surface area contributed by atoms with Gasteiger partial charge in [-0.3, -0.25) is 14.5 Å². The second-order valence-corrected chi connectivity index (χ2v) is 8.14. The highest BCUT2D eigenvalue weighted by Gasteiger charge is 2.36. The van der Waals surface area contributed by atoms with Crippen molar-refractivity contribution in [2.24, 2.45) is 15.7 Å². The Hall–Kier alpha value is -2.89. The molecule has 1 atom stereocenters. The van der Waals surface area contributed by atoms with E-state index in [4.69, 9.17) is 5.73 Å². The predicted octanol–water partition coefficient (Wildman–Crippen LogP) is 2.18. The van der Waals surface area contributed by atoms with Crippen molar-refractivity contribution in [1.82, 2.24) is 25.3 Å². The van der Waals surface area contributed by atoms with E-state index in [1.54, 1.807) is 22.7 Å². The maximum absolute atomic E-state index is 13.8. The van der Waals surface area contributed by atoms with Crippen LogP contribution in [0.5, 0.6) is 0 Å². The number of allylic oxidation sites excluding steroid dienone is 1. The third-order valence-corrected chi connectivity index (χ3v) is 5.71. The third kappa shape index (κ3) is 6.80. The van der Waals surface area contributed by atoms with Gasteiger partial charge in [0.15, 0.2) is 0 Å². The molecule has 4 N–H and O–H groups in total. The summed E-state index contributed by atoms with van der Waals surface area (Å²) in [5.74, 6) is -0.326. The van der Waals surface area contributed by atoms with Crippen LogP contribution in [0, 0.1) is 6.92 Å². The Balaban J connectivity index is 1.72. The van der Waals surface area contributed by atoms with Crippen molar-refractivity contribution in [3.05, 3.63) is 23.3 Å². The number of carbonyl (C=O) groups is 1. The lowest BCUT2D eigenvalue weighted by Crippen LogP contribution is -2.37. The van der Waals surface area contributed by atoms with Crippen LogP contribution in [0.4, 0.5) is 18.9 Å². The van der Waals surface area contributed by atoms with E-state index in [1.165, 1.54) is 0 Å². The summed E-state index contributed by atoms with van der Waals surface area (Å²) >= 11 is 0. The molecule has 0 bridgehead atoms. The van der Waals surface area contributed by atoms with Gasteiger partial charge in [0.25, 0.3) is 0 Å². The van der Waals surface area contributed by atoms with Gasteiger partial charge in [-0.1, -0.05) is 0 Å². The molecule has 12 heteroatoms. The highest BCUT2D eigenvalue weighted by Crippen LogP contribution is 2.28. The number of amides is 1. The van der Waals surface area contributed by atoms with Gasteiger partial charge in [0.2, 0.25) is 5.91 Å². The van der Waals surface area contributed by atoms with Crippen LogP contribution in [-0.2, 0) is 4.79 Å². The Morgan fingerprint density at radius 3 is 2.91 bits per heavy atom. The molecule has 3 heterocycles. The Labute approximate surface area is 191 Å². The zero-order chi connectivity index (χ0) is 23.8. The molecule has 1 aromatic heterocycles. The fourth-order valence-corrected chi connectivity index (χ4v) is 3.91. The zero-order valence-corrected chi connectivity index (χ0v) is 18.7. The average Bonchev–Trinajstić information content (AvgIpc) is 3.41. The third-order valence-electron chi connectivity index (χ3n) is 5.71. The topological polar surface area (TPSA) is 113 Å². The van der Waals surface area contributed by atoms with Crippen LogP contribution in [0.2, 0.25) is 0 Å². The Morgan fingerprint density at radius 2 is 2.24 bits per heavy atom. The molecule has 1 amide bonds. The fraction of sp³-hybridized carbons (Fsp3) is 0.619. The van der Waals surface area contributed by atoms with Gasteiger partial charge < -0.3 is 21.3 Å². The number of hydrogen-bond donors (Lipinski definition) is 3. The summed E-state index contributed by atoms with van der Waals surface area (Å²) in [6.07, 6.45) is 2.28. The molecule has 33 heavy (non-hydrogen) atoms. The van der Waals surface area contributed by atoms with Crippen LogP contribution in [0.3, 0.4) is 0 Å². The first-order valence-corrected chi connectivity index (χ1v) is 11.2. The Morgan fingerprint density at radius 1 is 1.42 bits per heavy atom. The van der Waals surface area contributed by atoms with Gasteiger partial charge in [-0.05, 0) is 39.2 Å². The first-order chi connectivity index (χ1) is 15.8. The predicted molar refractivity (Wildman–Crippen MR) is 120 cm³/mol. The Kier molecular flexibility index (Phi) is 8.48. The number of alkyl halides is 3. The molecule has 0 spiro atoms. The molecule has 0 saturated carbocycles. The summed E-state index contributed by atoms with van der Waals surface area (Å²) in [4.78, 5) is 21.4. The first-order valence-electron chi connectivity index (χ1n) is 11.2. The molecule has 1 aromatic rings. The number of nitrogens with two attached hydrogens (primary N) is 1. The summed E-state index contributed by atoms with van der Waals surface area (Å²) in [5.41, 5.74) is 5.18. The number of nitrogens with zero attached hydrogens (tertiary/aromatic N) is 5. The van der Waals surface area contributed by atoms with Gasteiger partial charge in [0.1, 0.15) is 17.1 Å². The smallest absolute Gasteiger partial charge is 0.390 e. The minimum Gasteiger partial charge on any atom is -0.390 e. The molecule has 2 saturated heterocycles. The molecular formula is C21H31F3N8O. The molecule has 3 rings (SSSR count). The van der Waals surface area contributed by atoms with E-state index < -0.39 is 17.6 Å². The summed E-state index contributed by atoms with van der Waals surface area (Å²) in [6.45, 7) is 4.72. The zero-order valence-electron chi connectivity index (χ0n) is 18.7. The molecular weight excluding hydrogens is 437 g/mol. The van der Waals surface area contributed by atoms with Crippen molar-refractivity contribution < 1.29 is 18.0 Å². The number of aromatic nitrogens is 2. The van der Waals surface area contributed by atoms with Gasteiger partial charge in [-0.2, -0.15) is 18.3 Å². The van der Waals surface area contributed by atoms with E-state index in [-0.39, 0.29) is 18.5 Å². The second-order valence-electron chi connectivity index (χ2n) is 8.14. The van der Waals surface area contributed by atoms with Crippen LogP contribution in [0.15, 0.2) is 27.6 Å². The number of aliphatic imine (C=N–C) groups is 2. The van der Waals surface area contributed by atoms with Crippen molar-refractivity contribution in [3.63, 3.8) is 0 Å².